The largest absolute Gasteiger partial charge is 0.353 e. The van der Waals surface area contributed by atoms with Crippen molar-refractivity contribution < 1.29 is 4.79 Å². The minimum absolute atomic E-state index is 0.254. The summed E-state index contributed by atoms with van der Waals surface area (Å²) >= 11 is 0. The fraction of sp³-hybridized carbons (Fsp3) is 0.917. The lowest BCUT2D eigenvalue weighted by Crippen LogP contribution is -2.49. The third kappa shape index (κ3) is 2.49. The van der Waals surface area contributed by atoms with Gasteiger partial charge < -0.3 is 5.32 Å². The number of piperidine rings is 1. The van der Waals surface area contributed by atoms with Crippen molar-refractivity contribution >= 4 is 5.91 Å². The second-order valence-corrected chi connectivity index (χ2v) is 4.30. The fourth-order valence-corrected chi connectivity index (χ4v) is 2.57. The predicted octanol–water partition coefficient (Wildman–Crippen LogP) is 2.73. The van der Waals surface area contributed by atoms with E-state index in [-0.39, 0.29) is 11.8 Å². The van der Waals surface area contributed by atoms with Crippen molar-refractivity contribution in [2.45, 2.75) is 58.9 Å². The summed E-state index contributed by atoms with van der Waals surface area (Å²) < 4.78 is 0. The summed E-state index contributed by atoms with van der Waals surface area (Å²) in [5, 5.41) is 3.13. The van der Waals surface area contributed by atoms with Gasteiger partial charge in [0.15, 0.2) is 0 Å². The Kier molecular flexibility index (Phi) is 4.43. The standard InChI is InChI=1S/C10H17NO.C2H6/c1-7-6-8-4-2-3-5-9(8)11-10(7)12;1-2/h7-9H,2-6H2,1H3,(H,11,12);1-2H3. The maximum Gasteiger partial charge on any atom is 0.223 e. The molecule has 2 fully saturated rings. The van der Waals surface area contributed by atoms with Crippen molar-refractivity contribution in [3.8, 4) is 0 Å². The van der Waals surface area contributed by atoms with Gasteiger partial charge in [-0.3, -0.25) is 4.79 Å². The normalized spacial score (nSPS) is 36.2. The second kappa shape index (κ2) is 5.38. The zero-order valence-electron chi connectivity index (χ0n) is 9.68. The van der Waals surface area contributed by atoms with Crippen LogP contribution in [0.4, 0.5) is 0 Å². The van der Waals surface area contributed by atoms with Crippen LogP contribution in [0, 0.1) is 11.8 Å². The van der Waals surface area contributed by atoms with Crippen LogP contribution in [0.2, 0.25) is 0 Å². The lowest BCUT2D eigenvalue weighted by Gasteiger charge is -2.38. The van der Waals surface area contributed by atoms with E-state index >= 15 is 0 Å². The summed E-state index contributed by atoms with van der Waals surface area (Å²) in [4.78, 5) is 11.3. The predicted molar refractivity (Wildman–Crippen MR) is 59.0 cm³/mol. The molecule has 2 aliphatic rings. The Labute approximate surface area is 87.5 Å². The molecule has 14 heavy (non-hydrogen) atoms. The number of amides is 1. The molecular formula is C12H23NO. The molecule has 1 aliphatic carbocycles. The van der Waals surface area contributed by atoms with E-state index in [1.807, 2.05) is 20.8 Å². The van der Waals surface area contributed by atoms with E-state index in [1.165, 1.54) is 25.7 Å². The molecule has 0 bridgehead atoms. The fourth-order valence-electron chi connectivity index (χ4n) is 2.57. The van der Waals surface area contributed by atoms with E-state index in [2.05, 4.69) is 5.32 Å². The van der Waals surface area contributed by atoms with Gasteiger partial charge in [0.1, 0.15) is 0 Å². The van der Waals surface area contributed by atoms with E-state index < -0.39 is 0 Å². The van der Waals surface area contributed by atoms with E-state index in [4.69, 9.17) is 0 Å². The molecule has 1 saturated carbocycles. The molecular weight excluding hydrogens is 174 g/mol. The first-order valence-electron chi connectivity index (χ1n) is 6.08. The molecule has 1 aliphatic heterocycles. The highest BCUT2D eigenvalue weighted by atomic mass is 16.2. The van der Waals surface area contributed by atoms with Gasteiger partial charge in [-0.1, -0.05) is 33.6 Å². The third-order valence-electron chi connectivity index (χ3n) is 3.34. The molecule has 2 heteroatoms. The molecule has 0 spiro atoms. The van der Waals surface area contributed by atoms with Gasteiger partial charge in [0.2, 0.25) is 5.91 Å². The molecule has 0 aromatic rings. The molecule has 2 nitrogen and oxygen atoms in total. The molecule has 0 aromatic heterocycles. The molecule has 0 aromatic carbocycles. The number of rotatable bonds is 0. The molecule has 1 amide bonds. The van der Waals surface area contributed by atoms with Crippen molar-refractivity contribution in [3.63, 3.8) is 0 Å². The number of carbonyl (C=O) groups excluding carboxylic acids is 1. The Bertz CT molecular complexity index is 191. The monoisotopic (exact) mass is 197 g/mol. The Morgan fingerprint density at radius 2 is 1.86 bits per heavy atom. The van der Waals surface area contributed by atoms with E-state index in [0.29, 0.717) is 6.04 Å². The lowest BCUT2D eigenvalue weighted by molar-refractivity contribution is -0.129. The van der Waals surface area contributed by atoms with Crippen LogP contribution in [0.3, 0.4) is 0 Å². The van der Waals surface area contributed by atoms with Crippen LogP contribution in [0.5, 0.6) is 0 Å². The van der Waals surface area contributed by atoms with Gasteiger partial charge in [-0.2, -0.15) is 0 Å². The molecule has 0 radical (unpaired) electrons. The molecule has 3 atom stereocenters. The second-order valence-electron chi connectivity index (χ2n) is 4.30. The first kappa shape index (κ1) is 11.5. The summed E-state index contributed by atoms with van der Waals surface area (Å²) in [5.41, 5.74) is 0. The van der Waals surface area contributed by atoms with E-state index in [1.54, 1.807) is 0 Å². The Hall–Kier alpha value is -0.530. The van der Waals surface area contributed by atoms with Crippen LogP contribution in [-0.2, 0) is 4.79 Å². The highest BCUT2D eigenvalue weighted by Gasteiger charge is 2.34. The minimum Gasteiger partial charge on any atom is -0.353 e. The number of hydrogen-bond donors (Lipinski definition) is 1. The first-order chi connectivity index (χ1) is 6.77. The van der Waals surface area contributed by atoms with Crippen molar-refractivity contribution in [2.24, 2.45) is 11.8 Å². The Morgan fingerprint density at radius 3 is 2.57 bits per heavy atom. The van der Waals surface area contributed by atoms with Gasteiger partial charge in [0.25, 0.3) is 0 Å². The van der Waals surface area contributed by atoms with Crippen molar-refractivity contribution in [2.75, 3.05) is 0 Å². The van der Waals surface area contributed by atoms with Gasteiger partial charge >= 0.3 is 0 Å². The maximum atomic E-state index is 11.3. The number of fused-ring (bicyclic) bond motifs is 1. The highest BCUT2D eigenvalue weighted by molar-refractivity contribution is 5.79. The average Bonchev–Trinajstić information content (AvgIpc) is 2.23. The summed E-state index contributed by atoms with van der Waals surface area (Å²) in [5.74, 6) is 1.31. The van der Waals surface area contributed by atoms with Crippen LogP contribution in [0.1, 0.15) is 52.9 Å². The Balaban J connectivity index is 0.000000461. The summed E-state index contributed by atoms with van der Waals surface area (Å²) in [7, 11) is 0. The third-order valence-corrected chi connectivity index (χ3v) is 3.34. The van der Waals surface area contributed by atoms with Crippen molar-refractivity contribution in [1.29, 1.82) is 0 Å². The minimum atomic E-state index is 0.254. The van der Waals surface area contributed by atoms with Crippen LogP contribution in [-0.4, -0.2) is 11.9 Å². The average molecular weight is 197 g/mol. The zero-order valence-corrected chi connectivity index (χ0v) is 9.68. The summed E-state index contributed by atoms with van der Waals surface area (Å²) in [6.45, 7) is 6.04. The van der Waals surface area contributed by atoms with Crippen LogP contribution >= 0.6 is 0 Å². The van der Waals surface area contributed by atoms with Crippen molar-refractivity contribution in [1.82, 2.24) is 5.32 Å². The van der Waals surface area contributed by atoms with Crippen LogP contribution < -0.4 is 5.32 Å². The number of carbonyl (C=O) groups is 1. The maximum absolute atomic E-state index is 11.3. The molecule has 1 saturated heterocycles. The van der Waals surface area contributed by atoms with Crippen LogP contribution in [0.25, 0.3) is 0 Å². The summed E-state index contributed by atoms with van der Waals surface area (Å²) in [6, 6.07) is 0.516. The van der Waals surface area contributed by atoms with Gasteiger partial charge in [0.05, 0.1) is 0 Å². The van der Waals surface area contributed by atoms with Gasteiger partial charge in [0, 0.05) is 12.0 Å². The SMILES string of the molecule is CC.CC1CC2CCCCC2NC1=O. The molecule has 1 N–H and O–H groups in total. The summed E-state index contributed by atoms with van der Waals surface area (Å²) in [6.07, 6.45) is 6.33. The number of hydrogen-bond acceptors (Lipinski definition) is 1. The van der Waals surface area contributed by atoms with Gasteiger partial charge in [-0.25, -0.2) is 0 Å². The quantitative estimate of drug-likeness (QED) is 0.635. The van der Waals surface area contributed by atoms with E-state index in [9.17, 15) is 4.79 Å². The first-order valence-corrected chi connectivity index (χ1v) is 6.08. The number of nitrogens with one attached hydrogen (secondary N) is 1. The smallest absolute Gasteiger partial charge is 0.223 e. The molecule has 1 heterocycles. The highest BCUT2D eigenvalue weighted by Crippen LogP contribution is 2.32. The van der Waals surface area contributed by atoms with Gasteiger partial charge in [-0.15, -0.1) is 0 Å². The molecule has 3 unspecified atom stereocenters. The topological polar surface area (TPSA) is 29.1 Å². The van der Waals surface area contributed by atoms with Gasteiger partial charge in [-0.05, 0) is 25.2 Å². The molecule has 82 valence electrons. The van der Waals surface area contributed by atoms with E-state index in [0.717, 1.165) is 12.3 Å². The van der Waals surface area contributed by atoms with Crippen molar-refractivity contribution in [3.05, 3.63) is 0 Å². The zero-order chi connectivity index (χ0) is 10.6. The molecule has 2 rings (SSSR count). The lowest BCUT2D eigenvalue weighted by atomic mass is 9.76. The van der Waals surface area contributed by atoms with Crippen LogP contribution in [0.15, 0.2) is 0 Å². The Morgan fingerprint density at radius 1 is 1.21 bits per heavy atom.